The minimum atomic E-state index is 0.221. The second kappa shape index (κ2) is 7.10. The van der Waals surface area contributed by atoms with Gasteiger partial charge in [0.1, 0.15) is 10.5 Å². The summed E-state index contributed by atoms with van der Waals surface area (Å²) in [6, 6.07) is 10.4. The van der Waals surface area contributed by atoms with E-state index in [1.165, 1.54) is 11.5 Å². The highest BCUT2D eigenvalue weighted by Crippen LogP contribution is 2.31. The molecule has 0 saturated carbocycles. The maximum atomic E-state index is 4.79. The lowest BCUT2D eigenvalue weighted by Gasteiger charge is -2.15. The number of anilines is 3. The molecule has 0 radical (unpaired) electrons. The van der Waals surface area contributed by atoms with Crippen LogP contribution in [0.3, 0.4) is 0 Å². The average Bonchev–Trinajstić information content (AvgIpc) is 3.41. The van der Waals surface area contributed by atoms with Gasteiger partial charge in [0.25, 0.3) is 0 Å². The third-order valence-electron chi connectivity index (χ3n) is 4.85. The summed E-state index contributed by atoms with van der Waals surface area (Å²) in [7, 11) is 1.95. The molecule has 0 fully saturated rings. The van der Waals surface area contributed by atoms with E-state index in [1.54, 1.807) is 0 Å². The van der Waals surface area contributed by atoms with Gasteiger partial charge in [0, 0.05) is 24.7 Å². The second-order valence-electron chi connectivity index (χ2n) is 7.55. The van der Waals surface area contributed by atoms with E-state index in [1.807, 2.05) is 49.2 Å². The molecule has 5 rings (SSSR count). The van der Waals surface area contributed by atoms with Crippen molar-refractivity contribution >= 4 is 50.2 Å². The van der Waals surface area contributed by atoms with Crippen molar-refractivity contribution in [2.75, 3.05) is 10.6 Å². The highest BCUT2D eigenvalue weighted by atomic mass is 32.1. The van der Waals surface area contributed by atoms with E-state index in [0.29, 0.717) is 5.95 Å². The number of aryl methyl sites for hydroxylation is 2. The summed E-state index contributed by atoms with van der Waals surface area (Å²) in [6.07, 6.45) is 3.93. The van der Waals surface area contributed by atoms with Crippen LogP contribution in [0.1, 0.15) is 19.5 Å². The summed E-state index contributed by atoms with van der Waals surface area (Å²) in [5, 5.41) is 13.2. The van der Waals surface area contributed by atoms with Gasteiger partial charge in [-0.3, -0.25) is 4.68 Å². The third-order valence-corrected chi connectivity index (χ3v) is 5.65. The molecule has 0 aliphatic heterocycles. The van der Waals surface area contributed by atoms with Crippen LogP contribution in [0.2, 0.25) is 0 Å². The van der Waals surface area contributed by atoms with Gasteiger partial charge >= 0.3 is 0 Å². The first kappa shape index (κ1) is 18.6. The van der Waals surface area contributed by atoms with Crippen LogP contribution in [0, 0.1) is 6.92 Å². The Hall–Kier alpha value is -3.46. The quantitative estimate of drug-likeness (QED) is 0.433. The lowest BCUT2D eigenvalue weighted by atomic mass is 10.2. The van der Waals surface area contributed by atoms with Crippen LogP contribution in [-0.4, -0.2) is 34.7 Å². The SMILES string of the molecule is Cc1cc(Nc2nc(NC(C)C)c3c(ccn3-c3cccc4c3cnn4C)n2)sn1. The largest absolute Gasteiger partial charge is 0.366 e. The Morgan fingerprint density at radius 2 is 2.00 bits per heavy atom. The first-order valence-corrected chi connectivity index (χ1v) is 10.5. The molecule has 30 heavy (non-hydrogen) atoms. The van der Waals surface area contributed by atoms with Crippen molar-refractivity contribution in [3.8, 4) is 5.69 Å². The maximum Gasteiger partial charge on any atom is 0.230 e. The number of nitrogens with zero attached hydrogens (tertiary/aromatic N) is 6. The molecule has 152 valence electrons. The summed E-state index contributed by atoms with van der Waals surface area (Å²) in [6.45, 7) is 6.17. The zero-order chi connectivity index (χ0) is 20.8. The molecule has 4 heterocycles. The van der Waals surface area contributed by atoms with Gasteiger partial charge in [-0.2, -0.15) is 14.5 Å². The van der Waals surface area contributed by atoms with E-state index in [0.717, 1.165) is 44.1 Å². The molecular formula is C21H22N8S. The maximum absolute atomic E-state index is 4.79. The minimum Gasteiger partial charge on any atom is -0.366 e. The number of hydrogen-bond acceptors (Lipinski definition) is 7. The van der Waals surface area contributed by atoms with Gasteiger partial charge in [0.15, 0.2) is 5.82 Å². The van der Waals surface area contributed by atoms with E-state index < -0.39 is 0 Å². The lowest BCUT2D eigenvalue weighted by molar-refractivity contribution is 0.797. The Balaban J connectivity index is 1.68. The molecule has 0 aliphatic rings. The summed E-state index contributed by atoms with van der Waals surface area (Å²) < 4.78 is 8.33. The van der Waals surface area contributed by atoms with E-state index in [4.69, 9.17) is 9.97 Å². The van der Waals surface area contributed by atoms with Crippen LogP contribution in [0.25, 0.3) is 27.6 Å². The normalized spacial score (nSPS) is 11.6. The molecule has 2 N–H and O–H groups in total. The molecule has 0 saturated heterocycles. The van der Waals surface area contributed by atoms with Crippen molar-refractivity contribution in [1.29, 1.82) is 0 Å². The predicted octanol–water partition coefficient (Wildman–Crippen LogP) is 4.64. The molecular weight excluding hydrogens is 396 g/mol. The van der Waals surface area contributed by atoms with Crippen LogP contribution in [0.5, 0.6) is 0 Å². The average molecular weight is 419 g/mol. The fourth-order valence-electron chi connectivity index (χ4n) is 3.58. The van der Waals surface area contributed by atoms with Crippen molar-refractivity contribution in [2.24, 2.45) is 7.05 Å². The van der Waals surface area contributed by atoms with Gasteiger partial charge in [-0.1, -0.05) is 6.07 Å². The summed E-state index contributed by atoms with van der Waals surface area (Å²) in [5.41, 5.74) is 4.89. The van der Waals surface area contributed by atoms with Crippen molar-refractivity contribution < 1.29 is 0 Å². The molecule has 0 amide bonds. The molecule has 0 atom stereocenters. The molecule has 4 aromatic heterocycles. The standard InChI is InChI=1S/C21H22N8S/c1-12(2)23-20-19-15(24-21(26-20)25-18-10-13(3)27-30-18)8-9-29(19)17-7-5-6-16-14(17)11-22-28(16)4/h5-12H,1-4H3,(H2,23,24,25,26). The van der Waals surface area contributed by atoms with Crippen LogP contribution in [0.4, 0.5) is 16.8 Å². The van der Waals surface area contributed by atoms with Crippen molar-refractivity contribution in [3.05, 3.63) is 48.4 Å². The molecule has 9 heteroatoms. The Kier molecular flexibility index (Phi) is 4.39. The number of hydrogen-bond donors (Lipinski definition) is 2. The molecule has 0 aliphatic carbocycles. The van der Waals surface area contributed by atoms with Crippen LogP contribution in [-0.2, 0) is 7.05 Å². The first-order chi connectivity index (χ1) is 14.5. The third kappa shape index (κ3) is 3.17. The minimum absolute atomic E-state index is 0.221. The topological polar surface area (TPSA) is 85.5 Å². The molecule has 0 unspecified atom stereocenters. The van der Waals surface area contributed by atoms with Gasteiger partial charge in [-0.15, -0.1) is 0 Å². The number of rotatable bonds is 5. The summed E-state index contributed by atoms with van der Waals surface area (Å²) in [4.78, 5) is 9.55. The number of aromatic nitrogens is 6. The zero-order valence-corrected chi connectivity index (χ0v) is 18.0. The predicted molar refractivity (Wildman–Crippen MR) is 122 cm³/mol. The van der Waals surface area contributed by atoms with E-state index >= 15 is 0 Å². The number of nitrogens with one attached hydrogen (secondary N) is 2. The summed E-state index contributed by atoms with van der Waals surface area (Å²) in [5.74, 6) is 1.33. The Morgan fingerprint density at radius 1 is 1.13 bits per heavy atom. The van der Waals surface area contributed by atoms with E-state index in [2.05, 4.69) is 50.7 Å². The van der Waals surface area contributed by atoms with E-state index in [9.17, 15) is 0 Å². The monoisotopic (exact) mass is 418 g/mol. The Labute approximate surface area is 177 Å². The molecule has 5 aromatic rings. The molecule has 8 nitrogen and oxygen atoms in total. The number of fused-ring (bicyclic) bond motifs is 2. The first-order valence-electron chi connectivity index (χ1n) is 9.76. The Bertz CT molecular complexity index is 1360. The summed E-state index contributed by atoms with van der Waals surface area (Å²) >= 11 is 1.40. The van der Waals surface area contributed by atoms with Gasteiger partial charge in [-0.05, 0) is 56.6 Å². The van der Waals surface area contributed by atoms with E-state index in [-0.39, 0.29) is 6.04 Å². The van der Waals surface area contributed by atoms with Gasteiger partial charge in [-0.25, -0.2) is 4.98 Å². The highest BCUT2D eigenvalue weighted by Gasteiger charge is 2.17. The van der Waals surface area contributed by atoms with Gasteiger partial charge in [0.2, 0.25) is 5.95 Å². The fourth-order valence-corrected chi connectivity index (χ4v) is 4.24. The van der Waals surface area contributed by atoms with Crippen molar-refractivity contribution in [2.45, 2.75) is 26.8 Å². The molecule has 0 spiro atoms. The van der Waals surface area contributed by atoms with Crippen molar-refractivity contribution in [3.63, 3.8) is 0 Å². The van der Waals surface area contributed by atoms with Crippen LogP contribution >= 0.6 is 11.5 Å². The zero-order valence-electron chi connectivity index (χ0n) is 17.2. The Morgan fingerprint density at radius 3 is 2.77 bits per heavy atom. The fraction of sp³-hybridized carbons (Fsp3) is 0.238. The molecule has 1 aromatic carbocycles. The van der Waals surface area contributed by atoms with Gasteiger partial charge < -0.3 is 15.2 Å². The molecule has 0 bridgehead atoms. The van der Waals surface area contributed by atoms with Crippen LogP contribution < -0.4 is 10.6 Å². The smallest absolute Gasteiger partial charge is 0.230 e. The second-order valence-corrected chi connectivity index (χ2v) is 8.36. The van der Waals surface area contributed by atoms with Gasteiger partial charge in [0.05, 0.1) is 28.6 Å². The highest BCUT2D eigenvalue weighted by molar-refractivity contribution is 7.10. The number of benzene rings is 1. The van der Waals surface area contributed by atoms with Crippen molar-refractivity contribution in [1.82, 2.24) is 28.7 Å². The lowest BCUT2D eigenvalue weighted by Crippen LogP contribution is -2.13. The van der Waals surface area contributed by atoms with Crippen LogP contribution in [0.15, 0.2) is 42.7 Å².